The highest BCUT2D eigenvalue weighted by atomic mass is 32.2. The summed E-state index contributed by atoms with van der Waals surface area (Å²) in [6.45, 7) is 6.21. The zero-order valence-corrected chi connectivity index (χ0v) is 18.4. The number of aliphatic hydroxyl groups excluding tert-OH is 1. The molecular formula is C25H27FO3S. The fourth-order valence-corrected chi connectivity index (χ4v) is 5.77. The number of benzene rings is 2. The van der Waals surface area contributed by atoms with E-state index >= 15 is 0 Å². The van der Waals surface area contributed by atoms with Gasteiger partial charge in [-0.15, -0.1) is 11.8 Å². The molecule has 2 atom stereocenters. The molecule has 4 rings (SSSR count). The first-order valence-electron chi connectivity index (χ1n) is 10.4. The Morgan fingerprint density at radius 3 is 2.73 bits per heavy atom. The molecule has 30 heavy (non-hydrogen) atoms. The average molecular weight is 427 g/mol. The molecule has 1 N–H and O–H groups in total. The number of cyclic esters (lactones) is 1. The standard InChI is InChI=1S/C25H27FO3S/c1-15-12-16(8-11-21(15)26)24-19-6-4-5-7-22(19)30-25(2,3)20(24)10-9-18-13-17(27)14-23(28)29-18/h4-8,11-12,17-18,27H,9-10,13-14H2,1-3H3/t17-,18-/m1/s1. The molecule has 2 aromatic carbocycles. The van der Waals surface area contributed by atoms with Crippen molar-refractivity contribution in [2.75, 3.05) is 0 Å². The minimum atomic E-state index is -0.626. The van der Waals surface area contributed by atoms with E-state index in [9.17, 15) is 14.3 Å². The van der Waals surface area contributed by atoms with Gasteiger partial charge in [0.05, 0.1) is 12.5 Å². The van der Waals surface area contributed by atoms with Gasteiger partial charge in [-0.25, -0.2) is 4.39 Å². The van der Waals surface area contributed by atoms with Crippen molar-refractivity contribution in [1.29, 1.82) is 0 Å². The lowest BCUT2D eigenvalue weighted by molar-refractivity contribution is -0.160. The second-order valence-electron chi connectivity index (χ2n) is 8.67. The number of hydrogen-bond donors (Lipinski definition) is 1. The van der Waals surface area contributed by atoms with Crippen LogP contribution in [0.2, 0.25) is 0 Å². The zero-order chi connectivity index (χ0) is 21.5. The Kier molecular flexibility index (Phi) is 5.78. The summed E-state index contributed by atoms with van der Waals surface area (Å²) in [7, 11) is 0. The van der Waals surface area contributed by atoms with Crippen molar-refractivity contribution < 1.29 is 19.0 Å². The lowest BCUT2D eigenvalue weighted by Crippen LogP contribution is -2.33. The van der Waals surface area contributed by atoms with E-state index in [-0.39, 0.29) is 29.1 Å². The topological polar surface area (TPSA) is 46.5 Å². The van der Waals surface area contributed by atoms with Crippen LogP contribution in [0.15, 0.2) is 52.9 Å². The number of aryl methyl sites for hydroxylation is 1. The molecule has 0 aromatic heterocycles. The van der Waals surface area contributed by atoms with Crippen LogP contribution in [-0.2, 0) is 9.53 Å². The number of rotatable bonds is 4. The molecule has 0 amide bonds. The van der Waals surface area contributed by atoms with E-state index in [1.165, 1.54) is 16.5 Å². The Morgan fingerprint density at radius 2 is 2.00 bits per heavy atom. The summed E-state index contributed by atoms with van der Waals surface area (Å²) in [6, 6.07) is 13.6. The molecule has 2 aromatic rings. The number of fused-ring (bicyclic) bond motifs is 1. The largest absolute Gasteiger partial charge is 0.462 e. The van der Waals surface area contributed by atoms with E-state index in [1.54, 1.807) is 6.92 Å². The molecule has 1 fully saturated rings. The molecule has 0 radical (unpaired) electrons. The third-order valence-corrected chi connectivity index (χ3v) is 7.28. The van der Waals surface area contributed by atoms with Crippen LogP contribution in [0, 0.1) is 12.7 Å². The van der Waals surface area contributed by atoms with Crippen molar-refractivity contribution in [1.82, 2.24) is 0 Å². The monoisotopic (exact) mass is 426 g/mol. The van der Waals surface area contributed by atoms with Crippen LogP contribution in [0.5, 0.6) is 0 Å². The number of carbonyl (C=O) groups excluding carboxylic acids is 1. The summed E-state index contributed by atoms with van der Waals surface area (Å²) in [5.41, 5.74) is 5.18. The minimum Gasteiger partial charge on any atom is -0.462 e. The van der Waals surface area contributed by atoms with Crippen molar-refractivity contribution >= 4 is 23.3 Å². The molecule has 1 saturated heterocycles. The van der Waals surface area contributed by atoms with Gasteiger partial charge in [0.15, 0.2) is 0 Å². The van der Waals surface area contributed by atoms with Gasteiger partial charge in [0.1, 0.15) is 11.9 Å². The van der Waals surface area contributed by atoms with E-state index in [2.05, 4.69) is 26.0 Å². The normalized spacial score (nSPS) is 23.2. The predicted octanol–water partition coefficient (Wildman–Crippen LogP) is 5.67. The number of hydrogen-bond acceptors (Lipinski definition) is 4. The van der Waals surface area contributed by atoms with Crippen LogP contribution in [0.3, 0.4) is 0 Å². The van der Waals surface area contributed by atoms with Gasteiger partial charge in [-0.1, -0.05) is 24.3 Å². The van der Waals surface area contributed by atoms with Crippen LogP contribution in [0.25, 0.3) is 5.57 Å². The number of esters is 1. The third-order valence-electron chi connectivity index (χ3n) is 5.95. The van der Waals surface area contributed by atoms with E-state index in [0.717, 1.165) is 23.1 Å². The predicted molar refractivity (Wildman–Crippen MR) is 118 cm³/mol. The fraction of sp³-hybridized carbons (Fsp3) is 0.400. The first-order chi connectivity index (χ1) is 14.2. The van der Waals surface area contributed by atoms with Crippen LogP contribution >= 0.6 is 11.8 Å². The molecule has 0 saturated carbocycles. The Hall–Kier alpha value is -2.11. The Balaban J connectivity index is 1.77. The minimum absolute atomic E-state index is 0.0774. The van der Waals surface area contributed by atoms with Crippen LogP contribution in [0.1, 0.15) is 56.2 Å². The maximum Gasteiger partial charge on any atom is 0.308 e. The van der Waals surface area contributed by atoms with Crippen molar-refractivity contribution in [3.63, 3.8) is 0 Å². The molecule has 2 aliphatic rings. The van der Waals surface area contributed by atoms with E-state index in [1.807, 2.05) is 36.0 Å². The Bertz CT molecular complexity index is 1010. The molecule has 0 aliphatic carbocycles. The number of ether oxygens (including phenoxy) is 1. The number of aliphatic hydroxyl groups is 1. The van der Waals surface area contributed by atoms with Gasteiger partial charge in [0.2, 0.25) is 0 Å². The third kappa shape index (κ3) is 4.19. The molecular weight excluding hydrogens is 399 g/mol. The molecule has 0 bridgehead atoms. The van der Waals surface area contributed by atoms with E-state index < -0.39 is 6.10 Å². The van der Waals surface area contributed by atoms with Gasteiger partial charge in [0, 0.05) is 16.1 Å². The first-order valence-corrected chi connectivity index (χ1v) is 11.2. The number of carbonyl (C=O) groups is 1. The van der Waals surface area contributed by atoms with Crippen molar-refractivity contribution in [3.05, 3.63) is 70.5 Å². The molecule has 0 unspecified atom stereocenters. The summed E-state index contributed by atoms with van der Waals surface area (Å²) < 4.78 is 19.3. The number of thioether (sulfide) groups is 1. The zero-order valence-electron chi connectivity index (χ0n) is 17.6. The Labute approximate surface area is 181 Å². The van der Waals surface area contributed by atoms with Crippen LogP contribution in [0.4, 0.5) is 4.39 Å². The van der Waals surface area contributed by atoms with Gasteiger partial charge >= 0.3 is 5.97 Å². The van der Waals surface area contributed by atoms with Crippen LogP contribution in [-0.4, -0.2) is 28.0 Å². The summed E-state index contributed by atoms with van der Waals surface area (Å²) in [6.07, 6.45) is 1.06. The van der Waals surface area contributed by atoms with Crippen LogP contribution < -0.4 is 0 Å². The second kappa shape index (κ2) is 8.20. The van der Waals surface area contributed by atoms with Gasteiger partial charge < -0.3 is 9.84 Å². The molecule has 2 aliphatic heterocycles. The lowest BCUT2D eigenvalue weighted by atomic mass is 9.83. The highest BCUT2D eigenvalue weighted by Gasteiger charge is 2.36. The van der Waals surface area contributed by atoms with Gasteiger partial charge in [0.25, 0.3) is 0 Å². The van der Waals surface area contributed by atoms with E-state index in [4.69, 9.17) is 4.74 Å². The Morgan fingerprint density at radius 1 is 1.23 bits per heavy atom. The highest BCUT2D eigenvalue weighted by molar-refractivity contribution is 8.01. The molecule has 0 spiro atoms. The summed E-state index contributed by atoms with van der Waals surface area (Å²) in [5.74, 6) is -0.536. The maximum absolute atomic E-state index is 14.0. The van der Waals surface area contributed by atoms with Crippen molar-refractivity contribution in [2.45, 2.75) is 68.3 Å². The molecule has 2 heterocycles. The average Bonchev–Trinajstić information content (AvgIpc) is 2.67. The lowest BCUT2D eigenvalue weighted by Gasteiger charge is -2.37. The number of halogens is 1. The molecule has 5 heteroatoms. The van der Waals surface area contributed by atoms with Gasteiger partial charge in [-0.2, -0.15) is 0 Å². The molecule has 158 valence electrons. The second-order valence-corrected chi connectivity index (χ2v) is 10.3. The summed E-state index contributed by atoms with van der Waals surface area (Å²) >= 11 is 1.83. The highest BCUT2D eigenvalue weighted by Crippen LogP contribution is 2.52. The van der Waals surface area contributed by atoms with Crippen molar-refractivity contribution in [2.24, 2.45) is 0 Å². The summed E-state index contributed by atoms with van der Waals surface area (Å²) in [5, 5.41) is 9.95. The quantitative estimate of drug-likeness (QED) is 0.640. The summed E-state index contributed by atoms with van der Waals surface area (Å²) in [4.78, 5) is 13.0. The maximum atomic E-state index is 14.0. The van der Waals surface area contributed by atoms with Gasteiger partial charge in [-0.3, -0.25) is 4.79 Å². The fourth-order valence-electron chi connectivity index (χ4n) is 4.46. The first kappa shape index (κ1) is 21.1. The van der Waals surface area contributed by atoms with Gasteiger partial charge in [-0.05, 0) is 79.6 Å². The van der Waals surface area contributed by atoms with E-state index in [0.29, 0.717) is 18.4 Å². The SMILES string of the molecule is Cc1cc(C2=C(CC[C@@H]3C[C@@H](O)CC(=O)O3)C(C)(C)Sc3ccccc32)ccc1F. The smallest absolute Gasteiger partial charge is 0.308 e. The molecule has 3 nitrogen and oxygen atoms in total. The van der Waals surface area contributed by atoms with Crippen molar-refractivity contribution in [3.8, 4) is 0 Å².